The predicted octanol–water partition coefficient (Wildman–Crippen LogP) is 4.01. The van der Waals surface area contributed by atoms with Crippen LogP contribution < -0.4 is 9.47 Å². The van der Waals surface area contributed by atoms with Crippen molar-refractivity contribution in [3.8, 4) is 17.8 Å². The molecule has 0 radical (unpaired) electrons. The van der Waals surface area contributed by atoms with Gasteiger partial charge in [0.15, 0.2) is 0 Å². The lowest BCUT2D eigenvalue weighted by atomic mass is 9.87. The zero-order valence-electron chi connectivity index (χ0n) is 12.6. The first kappa shape index (κ1) is 15.5. The first-order valence-corrected chi connectivity index (χ1v) is 7.09. The molecule has 1 aromatic carbocycles. The average Bonchev–Trinajstić information content (AvgIpc) is 2.37. The molecule has 112 valence electrons. The number of nitrogens with zero attached hydrogens (tertiary/aromatic N) is 3. The Bertz CT molecular complexity index is 627. The van der Waals surface area contributed by atoms with Crippen LogP contribution >= 0.6 is 11.6 Å². The summed E-state index contributed by atoms with van der Waals surface area (Å²) in [7, 11) is 0. The quantitative estimate of drug-likeness (QED) is 0.854. The second kappa shape index (κ2) is 6.26. The van der Waals surface area contributed by atoms with Crippen LogP contribution in [0.1, 0.15) is 33.3 Å². The van der Waals surface area contributed by atoms with Crippen molar-refractivity contribution in [1.82, 2.24) is 15.0 Å². The van der Waals surface area contributed by atoms with Crippen LogP contribution in [-0.4, -0.2) is 21.6 Å². The molecular formula is C15H18ClN3O2. The van der Waals surface area contributed by atoms with Crippen molar-refractivity contribution in [3.63, 3.8) is 0 Å². The normalized spacial score (nSPS) is 11.3. The number of benzene rings is 1. The molecule has 2 aromatic rings. The Morgan fingerprint density at radius 2 is 1.81 bits per heavy atom. The fourth-order valence-corrected chi connectivity index (χ4v) is 1.83. The highest BCUT2D eigenvalue weighted by Crippen LogP contribution is 2.27. The Morgan fingerprint density at radius 1 is 1.10 bits per heavy atom. The van der Waals surface area contributed by atoms with Gasteiger partial charge in [-0.15, -0.1) is 4.98 Å². The zero-order chi connectivity index (χ0) is 15.5. The van der Waals surface area contributed by atoms with Crippen molar-refractivity contribution in [3.05, 3.63) is 35.1 Å². The highest BCUT2D eigenvalue weighted by atomic mass is 35.5. The van der Waals surface area contributed by atoms with E-state index in [9.17, 15) is 0 Å². The number of aromatic nitrogens is 3. The fraction of sp³-hybridized carbons (Fsp3) is 0.400. The molecule has 0 N–H and O–H groups in total. The number of halogens is 1. The maximum Gasteiger partial charge on any atom is 0.329 e. The van der Waals surface area contributed by atoms with Crippen molar-refractivity contribution in [2.45, 2.75) is 33.1 Å². The third-order valence-electron chi connectivity index (χ3n) is 2.75. The van der Waals surface area contributed by atoms with Gasteiger partial charge >= 0.3 is 12.0 Å². The van der Waals surface area contributed by atoms with E-state index in [0.717, 1.165) is 5.56 Å². The minimum atomic E-state index is 0.0343. The van der Waals surface area contributed by atoms with Gasteiger partial charge in [0.2, 0.25) is 5.28 Å². The van der Waals surface area contributed by atoms with Gasteiger partial charge < -0.3 is 9.47 Å². The topological polar surface area (TPSA) is 57.1 Å². The molecule has 0 aliphatic heterocycles. The number of hydrogen-bond donors (Lipinski definition) is 0. The molecule has 6 heteroatoms. The number of rotatable bonds is 4. The summed E-state index contributed by atoms with van der Waals surface area (Å²) in [6, 6.07) is 8.05. The zero-order valence-corrected chi connectivity index (χ0v) is 13.3. The van der Waals surface area contributed by atoms with Gasteiger partial charge in [0.25, 0.3) is 0 Å². The van der Waals surface area contributed by atoms with Gasteiger partial charge in [0.05, 0.1) is 6.61 Å². The highest BCUT2D eigenvalue weighted by Gasteiger charge is 2.15. The maximum absolute atomic E-state index is 5.83. The highest BCUT2D eigenvalue weighted by molar-refractivity contribution is 6.28. The van der Waals surface area contributed by atoms with Gasteiger partial charge in [-0.05, 0) is 41.6 Å². The summed E-state index contributed by atoms with van der Waals surface area (Å²) >= 11 is 5.83. The molecule has 2 rings (SSSR count). The lowest BCUT2D eigenvalue weighted by Gasteiger charge is -2.19. The molecular weight excluding hydrogens is 290 g/mol. The molecule has 0 bridgehead atoms. The Hall–Kier alpha value is -1.88. The molecule has 0 aliphatic rings. The third kappa shape index (κ3) is 4.29. The SMILES string of the molecule is CCOc1nc(Cl)nc(Oc2cccc(C(C)(C)C)c2)n1. The van der Waals surface area contributed by atoms with Crippen LogP contribution in [0.2, 0.25) is 5.28 Å². The van der Waals surface area contributed by atoms with Crippen LogP contribution in [0.3, 0.4) is 0 Å². The van der Waals surface area contributed by atoms with E-state index in [1.807, 2.05) is 25.1 Å². The Labute approximate surface area is 129 Å². The Morgan fingerprint density at radius 3 is 2.48 bits per heavy atom. The van der Waals surface area contributed by atoms with Crippen LogP contribution in [0, 0.1) is 0 Å². The summed E-state index contributed by atoms with van der Waals surface area (Å²) in [6.45, 7) is 8.70. The van der Waals surface area contributed by atoms with Crippen molar-refractivity contribution < 1.29 is 9.47 Å². The summed E-state index contributed by atoms with van der Waals surface area (Å²) in [5, 5.41) is 0.0374. The molecule has 0 atom stereocenters. The average molecular weight is 308 g/mol. The summed E-state index contributed by atoms with van der Waals surface area (Å²) in [5.74, 6) is 0.646. The second-order valence-electron chi connectivity index (χ2n) is 5.48. The molecule has 0 fully saturated rings. The molecule has 0 amide bonds. The summed E-state index contributed by atoms with van der Waals surface area (Å²) in [4.78, 5) is 11.9. The Kier molecular flexibility index (Phi) is 4.63. The molecule has 21 heavy (non-hydrogen) atoms. The fourth-order valence-electron chi connectivity index (χ4n) is 1.69. The maximum atomic E-state index is 5.83. The summed E-state index contributed by atoms with van der Waals surface area (Å²) in [5.41, 5.74) is 1.19. The smallest absolute Gasteiger partial charge is 0.329 e. The summed E-state index contributed by atoms with van der Waals surface area (Å²) < 4.78 is 10.9. The molecule has 5 nitrogen and oxygen atoms in total. The molecule has 1 heterocycles. The van der Waals surface area contributed by atoms with E-state index in [1.165, 1.54) is 0 Å². The Balaban J connectivity index is 2.26. The summed E-state index contributed by atoms with van der Waals surface area (Å²) in [6.07, 6.45) is 0. The van der Waals surface area contributed by atoms with Crippen molar-refractivity contribution in [1.29, 1.82) is 0 Å². The van der Waals surface area contributed by atoms with Crippen molar-refractivity contribution in [2.75, 3.05) is 6.61 Å². The van der Waals surface area contributed by atoms with Gasteiger partial charge in [0, 0.05) is 0 Å². The number of hydrogen-bond acceptors (Lipinski definition) is 5. The first-order chi connectivity index (χ1) is 9.88. The molecule has 0 aliphatic carbocycles. The predicted molar refractivity (Wildman–Crippen MR) is 81.2 cm³/mol. The van der Waals surface area contributed by atoms with Crippen LogP contribution in [0.5, 0.6) is 17.8 Å². The van der Waals surface area contributed by atoms with E-state index >= 15 is 0 Å². The van der Waals surface area contributed by atoms with Gasteiger partial charge in [-0.1, -0.05) is 32.9 Å². The van der Waals surface area contributed by atoms with Crippen molar-refractivity contribution in [2.24, 2.45) is 0 Å². The standard InChI is InChI=1S/C15H18ClN3O2/c1-5-20-13-17-12(16)18-14(19-13)21-11-8-6-7-10(9-11)15(2,3)4/h6-9H,5H2,1-4H3. The lowest BCUT2D eigenvalue weighted by molar-refractivity contribution is 0.303. The van der Waals surface area contributed by atoms with Gasteiger partial charge in [-0.2, -0.15) is 9.97 Å². The van der Waals surface area contributed by atoms with Gasteiger partial charge in [0.1, 0.15) is 5.75 Å². The number of ether oxygens (including phenoxy) is 2. The van der Waals surface area contributed by atoms with E-state index < -0.39 is 0 Å². The van der Waals surface area contributed by atoms with E-state index in [-0.39, 0.29) is 22.7 Å². The molecule has 0 saturated carbocycles. The van der Waals surface area contributed by atoms with Crippen LogP contribution in [0.4, 0.5) is 0 Å². The van der Waals surface area contributed by atoms with Crippen LogP contribution in [0.25, 0.3) is 0 Å². The first-order valence-electron chi connectivity index (χ1n) is 6.71. The van der Waals surface area contributed by atoms with Crippen LogP contribution in [-0.2, 0) is 5.41 Å². The molecule has 0 spiro atoms. The molecule has 0 unspecified atom stereocenters. The van der Waals surface area contributed by atoms with E-state index in [4.69, 9.17) is 21.1 Å². The second-order valence-corrected chi connectivity index (χ2v) is 5.82. The van der Waals surface area contributed by atoms with E-state index in [2.05, 4.69) is 41.8 Å². The third-order valence-corrected chi connectivity index (χ3v) is 2.92. The van der Waals surface area contributed by atoms with Gasteiger partial charge in [-0.25, -0.2) is 0 Å². The minimum absolute atomic E-state index is 0.0343. The van der Waals surface area contributed by atoms with Crippen LogP contribution in [0.15, 0.2) is 24.3 Å². The van der Waals surface area contributed by atoms with E-state index in [0.29, 0.717) is 12.4 Å². The molecule has 0 saturated heterocycles. The largest absolute Gasteiger partial charge is 0.464 e. The lowest BCUT2D eigenvalue weighted by Crippen LogP contribution is -2.10. The minimum Gasteiger partial charge on any atom is -0.464 e. The van der Waals surface area contributed by atoms with E-state index in [1.54, 1.807) is 0 Å². The molecule has 1 aromatic heterocycles. The van der Waals surface area contributed by atoms with Crippen molar-refractivity contribution >= 4 is 11.6 Å². The monoisotopic (exact) mass is 307 g/mol. The van der Waals surface area contributed by atoms with Gasteiger partial charge in [-0.3, -0.25) is 0 Å².